The summed E-state index contributed by atoms with van der Waals surface area (Å²) in [5, 5.41) is 4.49. The van der Waals surface area contributed by atoms with E-state index in [1.54, 1.807) is 6.07 Å². The molecule has 1 fully saturated rings. The van der Waals surface area contributed by atoms with Crippen LogP contribution in [0.5, 0.6) is 0 Å². The topological polar surface area (TPSA) is 58.1 Å². The SMILES string of the molecule is Cc1ccc2nc(NC(=O)C3CCCN(c4nc5ccc(F)cc5s4)C3)sc2c1. The van der Waals surface area contributed by atoms with Crippen LogP contribution < -0.4 is 10.2 Å². The van der Waals surface area contributed by atoms with E-state index in [1.807, 2.05) is 19.1 Å². The van der Waals surface area contributed by atoms with E-state index in [9.17, 15) is 9.18 Å². The number of hydrogen-bond acceptors (Lipinski definition) is 6. The van der Waals surface area contributed by atoms with Gasteiger partial charge in [-0.3, -0.25) is 4.79 Å². The average molecular weight is 427 g/mol. The fourth-order valence-corrected chi connectivity index (χ4v) is 5.67. The number of carbonyl (C=O) groups excluding carboxylic acids is 1. The molecule has 148 valence electrons. The highest BCUT2D eigenvalue weighted by Crippen LogP contribution is 2.33. The molecule has 1 amide bonds. The maximum absolute atomic E-state index is 13.5. The molecule has 0 saturated carbocycles. The number of anilines is 2. The number of nitrogens with zero attached hydrogens (tertiary/aromatic N) is 3. The van der Waals surface area contributed by atoms with Gasteiger partial charge in [-0.25, -0.2) is 14.4 Å². The van der Waals surface area contributed by atoms with Crippen molar-refractivity contribution in [3.8, 4) is 0 Å². The van der Waals surface area contributed by atoms with E-state index in [-0.39, 0.29) is 17.6 Å². The standard InChI is InChI=1S/C21H19FN4OS2/c1-12-4-6-15-17(9-12)28-20(23-15)25-19(27)13-3-2-8-26(11-13)21-24-16-7-5-14(22)10-18(16)29-21/h4-7,9-10,13H,2-3,8,11H2,1H3,(H,23,25,27). The Labute approximate surface area is 175 Å². The molecule has 5 nitrogen and oxygen atoms in total. The molecule has 1 atom stereocenters. The van der Waals surface area contributed by atoms with Gasteiger partial charge in [-0.2, -0.15) is 0 Å². The number of rotatable bonds is 3. The minimum Gasteiger partial charge on any atom is -0.347 e. The summed E-state index contributed by atoms with van der Waals surface area (Å²) in [5.41, 5.74) is 2.88. The number of aryl methyl sites for hydroxylation is 1. The molecule has 1 aliphatic heterocycles. The van der Waals surface area contributed by atoms with Crippen molar-refractivity contribution in [2.24, 2.45) is 5.92 Å². The van der Waals surface area contributed by atoms with Crippen LogP contribution in [0.1, 0.15) is 18.4 Å². The third-order valence-electron chi connectivity index (χ3n) is 5.18. The minimum atomic E-state index is -0.255. The minimum absolute atomic E-state index is 0.00219. The van der Waals surface area contributed by atoms with E-state index >= 15 is 0 Å². The monoisotopic (exact) mass is 426 g/mol. The quantitative estimate of drug-likeness (QED) is 0.489. The lowest BCUT2D eigenvalue weighted by atomic mass is 9.97. The van der Waals surface area contributed by atoms with E-state index in [4.69, 9.17) is 0 Å². The number of aromatic nitrogens is 2. The number of hydrogen-bond donors (Lipinski definition) is 1. The highest BCUT2D eigenvalue weighted by atomic mass is 32.1. The van der Waals surface area contributed by atoms with Gasteiger partial charge in [0.2, 0.25) is 5.91 Å². The highest BCUT2D eigenvalue weighted by Gasteiger charge is 2.28. The summed E-state index contributed by atoms with van der Waals surface area (Å²) in [4.78, 5) is 24.2. The zero-order valence-electron chi connectivity index (χ0n) is 15.8. The zero-order valence-corrected chi connectivity index (χ0v) is 17.4. The predicted octanol–water partition coefficient (Wildman–Crippen LogP) is 5.21. The van der Waals surface area contributed by atoms with Crippen molar-refractivity contribution < 1.29 is 9.18 Å². The molecule has 1 saturated heterocycles. The Kier molecular flexibility index (Phi) is 4.67. The number of fused-ring (bicyclic) bond motifs is 2. The van der Waals surface area contributed by atoms with Crippen molar-refractivity contribution >= 4 is 59.3 Å². The number of thiazole rings is 2. The van der Waals surface area contributed by atoms with Gasteiger partial charge >= 0.3 is 0 Å². The van der Waals surface area contributed by atoms with E-state index < -0.39 is 0 Å². The summed E-state index contributed by atoms with van der Waals surface area (Å²) in [7, 11) is 0. The molecule has 2 aromatic carbocycles. The Bertz CT molecular complexity index is 1220. The molecule has 5 rings (SSSR count). The van der Waals surface area contributed by atoms with Crippen LogP contribution in [0.3, 0.4) is 0 Å². The predicted molar refractivity (Wildman–Crippen MR) is 118 cm³/mol. The molecule has 2 aromatic heterocycles. The molecule has 0 spiro atoms. The third kappa shape index (κ3) is 3.70. The van der Waals surface area contributed by atoms with Gasteiger partial charge in [0.1, 0.15) is 5.82 Å². The molecule has 1 unspecified atom stereocenters. The number of amides is 1. The molecular weight excluding hydrogens is 407 g/mol. The Morgan fingerprint density at radius 2 is 1.93 bits per heavy atom. The lowest BCUT2D eigenvalue weighted by Crippen LogP contribution is -2.40. The van der Waals surface area contributed by atoms with Crippen LogP contribution in [0.4, 0.5) is 14.7 Å². The first-order valence-electron chi connectivity index (χ1n) is 9.54. The fourth-order valence-electron chi connectivity index (χ4n) is 3.68. The van der Waals surface area contributed by atoms with Crippen molar-refractivity contribution in [2.45, 2.75) is 19.8 Å². The first-order chi connectivity index (χ1) is 14.0. The molecule has 1 aliphatic rings. The van der Waals surface area contributed by atoms with Crippen molar-refractivity contribution in [2.75, 3.05) is 23.3 Å². The average Bonchev–Trinajstić information content (AvgIpc) is 3.30. The number of piperidine rings is 1. The number of carbonyl (C=O) groups is 1. The normalized spacial score (nSPS) is 17.2. The largest absolute Gasteiger partial charge is 0.347 e. The van der Waals surface area contributed by atoms with Gasteiger partial charge in [0.15, 0.2) is 10.3 Å². The Balaban J connectivity index is 1.31. The molecule has 0 bridgehead atoms. The van der Waals surface area contributed by atoms with Gasteiger partial charge in [-0.05, 0) is 55.7 Å². The van der Waals surface area contributed by atoms with Gasteiger partial charge < -0.3 is 10.2 Å². The summed E-state index contributed by atoms with van der Waals surface area (Å²) in [6.07, 6.45) is 1.76. The van der Waals surface area contributed by atoms with Crippen LogP contribution in [0.2, 0.25) is 0 Å². The molecular formula is C21H19FN4OS2. The van der Waals surface area contributed by atoms with E-state index in [2.05, 4.69) is 26.3 Å². The fraction of sp³-hybridized carbons (Fsp3) is 0.286. The van der Waals surface area contributed by atoms with Crippen molar-refractivity contribution in [1.29, 1.82) is 0 Å². The van der Waals surface area contributed by atoms with Crippen LogP contribution in [0, 0.1) is 18.7 Å². The maximum Gasteiger partial charge on any atom is 0.231 e. The van der Waals surface area contributed by atoms with Crippen molar-refractivity contribution in [1.82, 2.24) is 9.97 Å². The van der Waals surface area contributed by atoms with E-state index in [0.717, 1.165) is 45.0 Å². The van der Waals surface area contributed by atoms with E-state index in [1.165, 1.54) is 40.4 Å². The first-order valence-corrected chi connectivity index (χ1v) is 11.2. The molecule has 0 radical (unpaired) electrons. The Hall–Kier alpha value is -2.58. The third-order valence-corrected chi connectivity index (χ3v) is 7.19. The highest BCUT2D eigenvalue weighted by molar-refractivity contribution is 7.22. The van der Waals surface area contributed by atoms with Gasteiger partial charge in [0, 0.05) is 13.1 Å². The van der Waals surface area contributed by atoms with Gasteiger partial charge in [-0.15, -0.1) is 0 Å². The summed E-state index contributed by atoms with van der Waals surface area (Å²) in [6, 6.07) is 10.7. The molecule has 8 heteroatoms. The second-order valence-corrected chi connectivity index (χ2v) is 9.41. The number of halogens is 1. The summed E-state index contributed by atoms with van der Waals surface area (Å²) >= 11 is 2.98. The molecule has 0 aliphatic carbocycles. The van der Waals surface area contributed by atoms with Gasteiger partial charge in [0.05, 0.1) is 26.4 Å². The van der Waals surface area contributed by atoms with Crippen LogP contribution in [-0.2, 0) is 4.79 Å². The number of benzene rings is 2. The van der Waals surface area contributed by atoms with Crippen LogP contribution in [0.15, 0.2) is 36.4 Å². The van der Waals surface area contributed by atoms with Gasteiger partial charge in [0.25, 0.3) is 0 Å². The van der Waals surface area contributed by atoms with Crippen LogP contribution >= 0.6 is 22.7 Å². The Morgan fingerprint density at radius 3 is 2.83 bits per heavy atom. The lowest BCUT2D eigenvalue weighted by Gasteiger charge is -2.31. The molecule has 1 N–H and O–H groups in total. The first kappa shape index (κ1) is 18.4. The second kappa shape index (κ2) is 7.35. The lowest BCUT2D eigenvalue weighted by molar-refractivity contribution is -0.120. The molecule has 29 heavy (non-hydrogen) atoms. The van der Waals surface area contributed by atoms with Gasteiger partial charge in [-0.1, -0.05) is 28.7 Å². The Morgan fingerprint density at radius 1 is 1.14 bits per heavy atom. The van der Waals surface area contributed by atoms with E-state index in [0.29, 0.717) is 11.7 Å². The zero-order chi connectivity index (χ0) is 20.0. The summed E-state index contributed by atoms with van der Waals surface area (Å²) in [5.74, 6) is -0.381. The van der Waals surface area contributed by atoms with Crippen molar-refractivity contribution in [3.05, 3.63) is 47.8 Å². The summed E-state index contributed by atoms with van der Waals surface area (Å²) in [6.45, 7) is 3.51. The van der Waals surface area contributed by atoms with Crippen LogP contribution in [0.25, 0.3) is 20.4 Å². The summed E-state index contributed by atoms with van der Waals surface area (Å²) < 4.78 is 15.4. The number of nitrogens with one attached hydrogen (secondary N) is 1. The maximum atomic E-state index is 13.5. The smallest absolute Gasteiger partial charge is 0.231 e. The molecule has 3 heterocycles. The van der Waals surface area contributed by atoms with Crippen molar-refractivity contribution in [3.63, 3.8) is 0 Å². The van der Waals surface area contributed by atoms with Crippen LogP contribution in [-0.4, -0.2) is 29.0 Å². The second-order valence-electron chi connectivity index (χ2n) is 7.37. The molecule has 4 aromatic rings.